The van der Waals surface area contributed by atoms with Crippen LogP contribution in [0.1, 0.15) is 98.4 Å². The smallest absolute Gasteiger partial charge is 0.118 e. The Balaban J connectivity index is 2.06. The first-order chi connectivity index (χ1) is 13.5. The van der Waals surface area contributed by atoms with Crippen molar-refractivity contribution < 1.29 is 5.11 Å². The number of benzene rings is 2. The number of aryl methyl sites for hydroxylation is 3. The zero-order valence-electron chi connectivity index (χ0n) is 18.2. The van der Waals surface area contributed by atoms with Crippen LogP contribution in [0.4, 0.5) is 0 Å². The first-order valence-electron chi connectivity index (χ1n) is 11.4. The topological polar surface area (TPSA) is 20.2 Å². The fourth-order valence-electron chi connectivity index (χ4n) is 4.95. The fourth-order valence-corrected chi connectivity index (χ4v) is 4.95. The standard InChI is InChI=1S/C27H38O/c1-21-13-14-24(19-22(21)2)27(25-15-16-26(28)23(3)20-25)17-11-9-7-5-4-6-8-10-12-18-27/h13-16,19-20,28H,4-12,17-18H2,1-3H3. The number of phenolic OH excluding ortho intramolecular Hbond substituents is 1. The number of aromatic hydroxyl groups is 1. The highest BCUT2D eigenvalue weighted by Crippen LogP contribution is 2.44. The van der Waals surface area contributed by atoms with Crippen molar-refractivity contribution in [3.63, 3.8) is 0 Å². The van der Waals surface area contributed by atoms with E-state index in [0.717, 1.165) is 5.56 Å². The van der Waals surface area contributed by atoms with Gasteiger partial charge in [0.1, 0.15) is 5.75 Å². The summed E-state index contributed by atoms with van der Waals surface area (Å²) in [5, 5.41) is 10.1. The molecule has 0 aliphatic heterocycles. The van der Waals surface area contributed by atoms with Crippen LogP contribution in [0.25, 0.3) is 0 Å². The molecular weight excluding hydrogens is 340 g/mol. The van der Waals surface area contributed by atoms with Crippen LogP contribution >= 0.6 is 0 Å². The van der Waals surface area contributed by atoms with Crippen LogP contribution in [0.3, 0.4) is 0 Å². The summed E-state index contributed by atoms with van der Waals surface area (Å²) in [7, 11) is 0. The van der Waals surface area contributed by atoms with Crippen molar-refractivity contribution in [1.82, 2.24) is 0 Å². The highest BCUT2D eigenvalue weighted by molar-refractivity contribution is 5.46. The summed E-state index contributed by atoms with van der Waals surface area (Å²) in [5.74, 6) is 0.409. The Morgan fingerprint density at radius 3 is 1.54 bits per heavy atom. The van der Waals surface area contributed by atoms with Crippen molar-refractivity contribution in [2.24, 2.45) is 0 Å². The lowest BCUT2D eigenvalue weighted by atomic mass is 9.67. The second-order valence-corrected chi connectivity index (χ2v) is 9.06. The van der Waals surface area contributed by atoms with E-state index in [1.807, 2.05) is 13.0 Å². The summed E-state index contributed by atoms with van der Waals surface area (Å²) in [6.45, 7) is 6.48. The van der Waals surface area contributed by atoms with E-state index < -0.39 is 0 Å². The number of hydrogen-bond donors (Lipinski definition) is 1. The van der Waals surface area contributed by atoms with E-state index in [0.29, 0.717) is 5.75 Å². The number of hydrogen-bond acceptors (Lipinski definition) is 1. The summed E-state index contributed by atoms with van der Waals surface area (Å²) < 4.78 is 0. The molecule has 1 fully saturated rings. The van der Waals surface area contributed by atoms with Crippen LogP contribution in [0.2, 0.25) is 0 Å². The van der Waals surface area contributed by atoms with Crippen LogP contribution < -0.4 is 0 Å². The van der Waals surface area contributed by atoms with E-state index in [4.69, 9.17) is 0 Å². The van der Waals surface area contributed by atoms with Gasteiger partial charge in [-0.05, 0) is 67.5 Å². The monoisotopic (exact) mass is 378 g/mol. The van der Waals surface area contributed by atoms with E-state index in [1.165, 1.54) is 92.9 Å². The summed E-state index contributed by atoms with van der Waals surface area (Å²) >= 11 is 0. The third-order valence-corrected chi connectivity index (χ3v) is 7.02. The van der Waals surface area contributed by atoms with Crippen LogP contribution in [-0.2, 0) is 5.41 Å². The van der Waals surface area contributed by atoms with Gasteiger partial charge in [0.2, 0.25) is 0 Å². The van der Waals surface area contributed by atoms with Crippen molar-refractivity contribution in [1.29, 1.82) is 0 Å². The van der Waals surface area contributed by atoms with Crippen LogP contribution in [0.5, 0.6) is 5.75 Å². The van der Waals surface area contributed by atoms with E-state index >= 15 is 0 Å². The van der Waals surface area contributed by atoms with Gasteiger partial charge in [-0.2, -0.15) is 0 Å². The molecule has 1 heteroatoms. The second kappa shape index (κ2) is 9.63. The lowest BCUT2D eigenvalue weighted by molar-refractivity contribution is 0.382. The average molecular weight is 379 g/mol. The van der Waals surface area contributed by atoms with Crippen molar-refractivity contribution >= 4 is 0 Å². The van der Waals surface area contributed by atoms with E-state index in [-0.39, 0.29) is 5.41 Å². The summed E-state index contributed by atoms with van der Waals surface area (Å²) in [6.07, 6.45) is 14.6. The Morgan fingerprint density at radius 2 is 1.04 bits per heavy atom. The molecule has 0 heterocycles. The molecule has 0 saturated heterocycles. The lowest BCUT2D eigenvalue weighted by Crippen LogP contribution is -2.28. The quantitative estimate of drug-likeness (QED) is 0.563. The predicted octanol–water partition coefficient (Wildman–Crippen LogP) is 7.91. The molecule has 152 valence electrons. The molecule has 0 spiro atoms. The zero-order valence-corrected chi connectivity index (χ0v) is 18.2. The molecule has 1 aliphatic carbocycles. The maximum atomic E-state index is 10.1. The molecule has 0 unspecified atom stereocenters. The molecule has 0 atom stereocenters. The molecule has 1 saturated carbocycles. The maximum Gasteiger partial charge on any atom is 0.118 e. The minimum absolute atomic E-state index is 0.0656. The highest BCUT2D eigenvalue weighted by atomic mass is 16.3. The van der Waals surface area contributed by atoms with Gasteiger partial charge in [-0.25, -0.2) is 0 Å². The summed E-state index contributed by atoms with van der Waals surface area (Å²) in [5.41, 5.74) is 6.68. The first kappa shape index (κ1) is 21.0. The molecule has 0 bridgehead atoms. The average Bonchev–Trinajstić information content (AvgIpc) is 2.67. The van der Waals surface area contributed by atoms with Crippen molar-refractivity contribution in [2.75, 3.05) is 0 Å². The molecule has 3 rings (SSSR count). The molecule has 0 radical (unpaired) electrons. The number of phenols is 1. The Hall–Kier alpha value is -1.76. The van der Waals surface area contributed by atoms with Crippen LogP contribution in [-0.4, -0.2) is 5.11 Å². The van der Waals surface area contributed by atoms with Crippen LogP contribution in [0.15, 0.2) is 36.4 Å². The SMILES string of the molecule is Cc1ccc(C2(c3ccc(O)c(C)c3)CCCCCCCCCCC2)cc1C. The minimum atomic E-state index is 0.0656. The third kappa shape index (κ3) is 4.80. The van der Waals surface area contributed by atoms with Gasteiger partial charge in [0.05, 0.1) is 0 Å². The van der Waals surface area contributed by atoms with Gasteiger partial charge in [-0.15, -0.1) is 0 Å². The summed E-state index contributed by atoms with van der Waals surface area (Å²) in [6, 6.07) is 13.4. The van der Waals surface area contributed by atoms with Crippen molar-refractivity contribution in [3.05, 3.63) is 64.2 Å². The normalized spacial score (nSPS) is 18.8. The van der Waals surface area contributed by atoms with Gasteiger partial charge in [-0.1, -0.05) is 88.1 Å². The van der Waals surface area contributed by atoms with Gasteiger partial charge >= 0.3 is 0 Å². The van der Waals surface area contributed by atoms with Crippen LogP contribution in [0, 0.1) is 20.8 Å². The van der Waals surface area contributed by atoms with Gasteiger partial charge in [0.15, 0.2) is 0 Å². The third-order valence-electron chi connectivity index (χ3n) is 7.02. The second-order valence-electron chi connectivity index (χ2n) is 9.06. The van der Waals surface area contributed by atoms with Gasteiger partial charge in [0.25, 0.3) is 0 Å². The first-order valence-corrected chi connectivity index (χ1v) is 11.4. The van der Waals surface area contributed by atoms with Crippen molar-refractivity contribution in [3.8, 4) is 5.75 Å². The van der Waals surface area contributed by atoms with E-state index in [9.17, 15) is 5.11 Å². The number of rotatable bonds is 2. The molecule has 2 aromatic carbocycles. The fraction of sp³-hybridized carbons (Fsp3) is 0.556. The van der Waals surface area contributed by atoms with E-state index in [2.05, 4.69) is 44.2 Å². The Labute approximate surface area is 172 Å². The molecule has 1 N–H and O–H groups in total. The molecule has 2 aromatic rings. The minimum Gasteiger partial charge on any atom is -0.508 e. The molecule has 1 aliphatic rings. The molecule has 1 nitrogen and oxygen atoms in total. The molecule has 0 amide bonds. The predicted molar refractivity (Wildman–Crippen MR) is 120 cm³/mol. The summed E-state index contributed by atoms with van der Waals surface area (Å²) in [4.78, 5) is 0. The largest absolute Gasteiger partial charge is 0.508 e. The molecule has 0 aromatic heterocycles. The Kier molecular flexibility index (Phi) is 7.21. The Bertz CT molecular complexity index is 708. The van der Waals surface area contributed by atoms with Gasteiger partial charge < -0.3 is 5.11 Å². The van der Waals surface area contributed by atoms with E-state index in [1.54, 1.807) is 0 Å². The zero-order chi connectivity index (χ0) is 20.0. The maximum absolute atomic E-state index is 10.1. The highest BCUT2D eigenvalue weighted by Gasteiger charge is 2.34. The molecular formula is C27H38O. The molecule has 28 heavy (non-hydrogen) atoms. The van der Waals surface area contributed by atoms with Gasteiger partial charge in [0, 0.05) is 5.41 Å². The Morgan fingerprint density at radius 1 is 0.571 bits per heavy atom. The lowest BCUT2D eigenvalue weighted by Gasteiger charge is -2.37. The van der Waals surface area contributed by atoms with Crippen molar-refractivity contribution in [2.45, 2.75) is 96.8 Å². The van der Waals surface area contributed by atoms with Gasteiger partial charge in [-0.3, -0.25) is 0 Å².